The van der Waals surface area contributed by atoms with Crippen molar-refractivity contribution < 1.29 is 9.47 Å². The average molecular weight is 454 g/mol. The van der Waals surface area contributed by atoms with Crippen LogP contribution in [0.5, 0.6) is 11.5 Å². The number of aromatic nitrogens is 4. The Kier molecular flexibility index (Phi) is 6.73. The molecule has 0 amide bonds. The highest BCUT2D eigenvalue weighted by Gasteiger charge is 2.13. The minimum Gasteiger partial charge on any atom is -0.497 e. The van der Waals surface area contributed by atoms with E-state index in [4.69, 9.17) is 20.3 Å². The number of benzene rings is 2. The molecule has 0 unspecified atom stereocenters. The molecule has 0 saturated heterocycles. The van der Waals surface area contributed by atoms with Gasteiger partial charge in [0.25, 0.3) is 0 Å². The van der Waals surface area contributed by atoms with Gasteiger partial charge in [-0.15, -0.1) is 21.5 Å². The second kappa shape index (κ2) is 9.84. The van der Waals surface area contributed by atoms with Gasteiger partial charge < -0.3 is 15.3 Å². The Hall–Kier alpha value is -3.04. The number of thiazole rings is 1. The Labute approximate surface area is 189 Å². The summed E-state index contributed by atoms with van der Waals surface area (Å²) in [6.07, 6.45) is 1.03. The number of thioether (sulfide) groups is 1. The topological polar surface area (TPSA) is 88.1 Å². The van der Waals surface area contributed by atoms with Crippen LogP contribution in [0.25, 0.3) is 10.6 Å². The number of hydrogen-bond donors (Lipinski definition) is 1. The molecule has 0 fully saturated rings. The monoisotopic (exact) mass is 453 g/mol. The summed E-state index contributed by atoms with van der Waals surface area (Å²) >= 11 is 3.14. The molecule has 0 bridgehead atoms. The van der Waals surface area contributed by atoms with Crippen molar-refractivity contribution in [3.05, 3.63) is 71.0 Å². The minimum atomic E-state index is 0.214. The summed E-state index contributed by atoms with van der Waals surface area (Å²) in [5, 5.41) is 12.0. The third-order valence-electron chi connectivity index (χ3n) is 4.65. The van der Waals surface area contributed by atoms with Crippen molar-refractivity contribution in [2.45, 2.75) is 30.9 Å². The molecule has 9 heteroatoms. The molecule has 0 aliphatic rings. The second-order valence-corrected chi connectivity index (χ2v) is 8.52. The van der Waals surface area contributed by atoms with E-state index in [2.05, 4.69) is 46.8 Å². The van der Waals surface area contributed by atoms with Crippen LogP contribution in [-0.2, 0) is 18.8 Å². The van der Waals surface area contributed by atoms with Crippen molar-refractivity contribution in [2.24, 2.45) is 0 Å². The average Bonchev–Trinajstić information content (AvgIpc) is 3.43. The van der Waals surface area contributed by atoms with Gasteiger partial charge in [-0.05, 0) is 24.1 Å². The summed E-state index contributed by atoms with van der Waals surface area (Å²) in [6.45, 7) is 2.37. The first kappa shape index (κ1) is 21.2. The van der Waals surface area contributed by atoms with E-state index in [1.54, 1.807) is 18.4 Å². The van der Waals surface area contributed by atoms with E-state index in [0.717, 1.165) is 28.4 Å². The summed E-state index contributed by atoms with van der Waals surface area (Å²) in [7, 11) is 1.62. The third kappa shape index (κ3) is 5.18. The number of hydrogen-bond acceptors (Lipinski definition) is 8. The molecule has 31 heavy (non-hydrogen) atoms. The van der Waals surface area contributed by atoms with Gasteiger partial charge in [-0.1, -0.05) is 49.0 Å². The Morgan fingerprint density at radius 1 is 1.10 bits per heavy atom. The number of nitrogens with two attached hydrogens (primary N) is 1. The van der Waals surface area contributed by atoms with E-state index in [-0.39, 0.29) is 6.61 Å². The molecule has 0 aliphatic carbocycles. The van der Waals surface area contributed by atoms with Gasteiger partial charge in [0.05, 0.1) is 12.8 Å². The SMILES string of the molecule is CCc1ccc(-c2nc(CSc3nnc(COc4cccc(OC)c4)n3N)cs2)cc1. The van der Waals surface area contributed by atoms with E-state index < -0.39 is 0 Å². The normalized spacial score (nSPS) is 10.9. The zero-order chi connectivity index (χ0) is 21.6. The van der Waals surface area contributed by atoms with Crippen LogP contribution in [0.15, 0.2) is 59.1 Å². The van der Waals surface area contributed by atoms with Crippen molar-refractivity contribution in [3.8, 4) is 22.1 Å². The molecule has 0 radical (unpaired) electrons. The van der Waals surface area contributed by atoms with Gasteiger partial charge in [-0.3, -0.25) is 0 Å². The van der Waals surface area contributed by atoms with Gasteiger partial charge in [-0.2, -0.15) is 0 Å². The van der Waals surface area contributed by atoms with Crippen LogP contribution < -0.4 is 15.3 Å². The molecule has 7 nitrogen and oxygen atoms in total. The smallest absolute Gasteiger partial charge is 0.210 e. The minimum absolute atomic E-state index is 0.214. The summed E-state index contributed by atoms with van der Waals surface area (Å²) in [4.78, 5) is 4.74. The highest BCUT2D eigenvalue weighted by molar-refractivity contribution is 7.98. The predicted octanol–water partition coefficient (Wildman–Crippen LogP) is 4.56. The van der Waals surface area contributed by atoms with E-state index in [0.29, 0.717) is 22.5 Å². The lowest BCUT2D eigenvalue weighted by molar-refractivity contribution is 0.289. The maximum absolute atomic E-state index is 6.16. The molecule has 4 rings (SSSR count). The fraction of sp³-hybridized carbons (Fsp3) is 0.227. The Balaban J connectivity index is 1.35. The molecule has 2 aromatic heterocycles. The van der Waals surface area contributed by atoms with Crippen molar-refractivity contribution in [1.29, 1.82) is 0 Å². The zero-order valence-electron chi connectivity index (χ0n) is 17.3. The van der Waals surface area contributed by atoms with Crippen LogP contribution in [0, 0.1) is 0 Å². The number of methoxy groups -OCH3 is 1. The maximum Gasteiger partial charge on any atom is 0.210 e. The number of ether oxygens (including phenoxy) is 2. The van der Waals surface area contributed by atoms with Crippen molar-refractivity contribution in [1.82, 2.24) is 19.9 Å². The van der Waals surface area contributed by atoms with E-state index >= 15 is 0 Å². The number of nitrogens with zero attached hydrogens (tertiary/aromatic N) is 4. The molecule has 0 saturated carbocycles. The largest absolute Gasteiger partial charge is 0.497 e. The van der Waals surface area contributed by atoms with Crippen LogP contribution in [0.2, 0.25) is 0 Å². The molecule has 2 aromatic carbocycles. The van der Waals surface area contributed by atoms with Crippen LogP contribution in [-0.4, -0.2) is 27.0 Å². The summed E-state index contributed by atoms with van der Waals surface area (Å²) in [5.41, 5.74) is 3.45. The first-order valence-corrected chi connectivity index (χ1v) is 11.7. The summed E-state index contributed by atoms with van der Waals surface area (Å²) < 4.78 is 12.4. The Morgan fingerprint density at radius 3 is 2.68 bits per heavy atom. The number of rotatable bonds is 9. The molecule has 160 valence electrons. The van der Waals surface area contributed by atoms with Crippen molar-refractivity contribution >= 4 is 23.1 Å². The van der Waals surface area contributed by atoms with Crippen LogP contribution in [0.3, 0.4) is 0 Å². The highest BCUT2D eigenvalue weighted by atomic mass is 32.2. The lowest BCUT2D eigenvalue weighted by atomic mass is 10.1. The number of aryl methyl sites for hydroxylation is 1. The molecular formula is C22H23N5O2S2. The molecule has 4 aromatic rings. The first-order valence-electron chi connectivity index (χ1n) is 9.79. The second-order valence-electron chi connectivity index (χ2n) is 6.72. The summed E-state index contributed by atoms with van der Waals surface area (Å²) in [6, 6.07) is 15.9. The van der Waals surface area contributed by atoms with Crippen LogP contribution in [0.1, 0.15) is 24.0 Å². The van der Waals surface area contributed by atoms with Crippen molar-refractivity contribution in [3.63, 3.8) is 0 Å². The lowest BCUT2D eigenvalue weighted by Crippen LogP contribution is -2.15. The van der Waals surface area contributed by atoms with Crippen LogP contribution >= 0.6 is 23.1 Å². The molecule has 2 N–H and O–H groups in total. The fourth-order valence-electron chi connectivity index (χ4n) is 2.87. The van der Waals surface area contributed by atoms with E-state index in [1.165, 1.54) is 22.0 Å². The zero-order valence-corrected chi connectivity index (χ0v) is 18.9. The Bertz CT molecular complexity index is 1140. The maximum atomic E-state index is 6.16. The van der Waals surface area contributed by atoms with E-state index in [9.17, 15) is 0 Å². The van der Waals surface area contributed by atoms with Crippen molar-refractivity contribution in [2.75, 3.05) is 13.0 Å². The quantitative estimate of drug-likeness (QED) is 0.294. The van der Waals surface area contributed by atoms with Gasteiger partial charge >= 0.3 is 0 Å². The molecule has 2 heterocycles. The first-order chi connectivity index (χ1) is 15.2. The van der Waals surface area contributed by atoms with Gasteiger partial charge in [0.1, 0.15) is 23.1 Å². The predicted molar refractivity (Wildman–Crippen MR) is 124 cm³/mol. The molecule has 0 atom stereocenters. The van der Waals surface area contributed by atoms with Gasteiger partial charge in [0, 0.05) is 22.8 Å². The lowest BCUT2D eigenvalue weighted by Gasteiger charge is -2.07. The van der Waals surface area contributed by atoms with Gasteiger partial charge in [0.2, 0.25) is 5.16 Å². The van der Waals surface area contributed by atoms with Gasteiger partial charge in [-0.25, -0.2) is 9.66 Å². The van der Waals surface area contributed by atoms with Gasteiger partial charge in [0.15, 0.2) is 5.82 Å². The Morgan fingerprint density at radius 2 is 1.90 bits per heavy atom. The standard InChI is InChI=1S/C22H23N5O2S2/c1-3-15-7-9-16(10-8-15)21-24-17(13-30-21)14-31-22-26-25-20(27(22)23)12-29-19-6-4-5-18(11-19)28-2/h4-11,13H,3,12,14,23H2,1-2H3. The highest BCUT2D eigenvalue weighted by Crippen LogP contribution is 2.28. The number of nitrogen functional groups attached to an aromatic ring is 1. The molecule has 0 spiro atoms. The molecule has 0 aliphatic heterocycles. The van der Waals surface area contributed by atoms with E-state index in [1.807, 2.05) is 24.3 Å². The summed E-state index contributed by atoms with van der Waals surface area (Å²) in [5.74, 6) is 8.77. The fourth-order valence-corrected chi connectivity index (χ4v) is 4.57. The third-order valence-corrected chi connectivity index (χ3v) is 6.57. The van der Waals surface area contributed by atoms with Crippen LogP contribution in [0.4, 0.5) is 0 Å². The molecular weight excluding hydrogens is 430 g/mol.